The normalized spacial score (nSPS) is 9.53. The van der Waals surface area contributed by atoms with Crippen molar-refractivity contribution in [1.82, 2.24) is 4.98 Å². The molecule has 3 nitrogen and oxygen atoms in total. The van der Waals surface area contributed by atoms with Gasteiger partial charge in [-0.2, -0.15) is 0 Å². The van der Waals surface area contributed by atoms with Crippen LogP contribution in [0.4, 0.5) is 0 Å². The molecular formula is C12H15NO2. The quantitative estimate of drug-likeness (QED) is 0.751. The molecular weight excluding hydrogens is 190 g/mol. The van der Waals surface area contributed by atoms with Crippen molar-refractivity contribution >= 4 is 16.9 Å². The standard InChI is InChI=1S/C10H9NO2.C2H6/c1-6-2-3-8-7(4-6)5-9(11-8)10(12)13;1-2/h2-5,11H,1H3,(H,12,13);1-2H3. The number of H-pyrrole nitrogens is 1. The van der Waals surface area contributed by atoms with E-state index in [4.69, 9.17) is 5.11 Å². The molecule has 0 aliphatic rings. The van der Waals surface area contributed by atoms with E-state index in [1.165, 1.54) is 0 Å². The van der Waals surface area contributed by atoms with E-state index in [9.17, 15) is 4.79 Å². The third-order valence-corrected chi connectivity index (χ3v) is 2.01. The fourth-order valence-corrected chi connectivity index (χ4v) is 1.37. The van der Waals surface area contributed by atoms with Crippen molar-refractivity contribution in [2.45, 2.75) is 20.8 Å². The van der Waals surface area contributed by atoms with Gasteiger partial charge in [-0.15, -0.1) is 0 Å². The maximum Gasteiger partial charge on any atom is 0.352 e. The Labute approximate surface area is 88.7 Å². The molecule has 2 aromatic rings. The van der Waals surface area contributed by atoms with Gasteiger partial charge in [-0.05, 0) is 25.1 Å². The second kappa shape index (κ2) is 4.64. The first kappa shape index (κ1) is 11.3. The van der Waals surface area contributed by atoms with Crippen LogP contribution in [0.3, 0.4) is 0 Å². The van der Waals surface area contributed by atoms with Gasteiger partial charge in [0.2, 0.25) is 0 Å². The van der Waals surface area contributed by atoms with E-state index in [1.54, 1.807) is 6.07 Å². The summed E-state index contributed by atoms with van der Waals surface area (Å²) in [5.74, 6) is -0.922. The molecule has 0 aliphatic heterocycles. The molecule has 0 saturated carbocycles. The minimum Gasteiger partial charge on any atom is -0.477 e. The molecule has 1 aromatic carbocycles. The Morgan fingerprint density at radius 1 is 1.27 bits per heavy atom. The fraction of sp³-hybridized carbons (Fsp3) is 0.250. The average Bonchev–Trinajstić information content (AvgIpc) is 2.63. The predicted molar refractivity (Wildman–Crippen MR) is 61.3 cm³/mol. The number of fused-ring (bicyclic) bond motifs is 1. The zero-order valence-electron chi connectivity index (χ0n) is 9.16. The van der Waals surface area contributed by atoms with Crippen LogP contribution in [-0.2, 0) is 0 Å². The topological polar surface area (TPSA) is 53.1 Å². The van der Waals surface area contributed by atoms with Crippen molar-refractivity contribution in [3.05, 3.63) is 35.5 Å². The number of aryl methyl sites for hydroxylation is 1. The van der Waals surface area contributed by atoms with Crippen molar-refractivity contribution in [1.29, 1.82) is 0 Å². The van der Waals surface area contributed by atoms with E-state index in [-0.39, 0.29) is 5.69 Å². The van der Waals surface area contributed by atoms with Gasteiger partial charge in [0.1, 0.15) is 5.69 Å². The molecule has 0 atom stereocenters. The summed E-state index contributed by atoms with van der Waals surface area (Å²) in [7, 11) is 0. The highest BCUT2D eigenvalue weighted by atomic mass is 16.4. The van der Waals surface area contributed by atoms with Crippen LogP contribution < -0.4 is 0 Å². The summed E-state index contributed by atoms with van der Waals surface area (Å²) in [5, 5.41) is 9.67. The molecule has 0 bridgehead atoms. The fourth-order valence-electron chi connectivity index (χ4n) is 1.37. The lowest BCUT2D eigenvalue weighted by Gasteiger charge is -1.90. The SMILES string of the molecule is CC.Cc1ccc2[nH]c(C(=O)O)cc2c1. The first-order valence-corrected chi connectivity index (χ1v) is 4.99. The number of aromatic nitrogens is 1. The first-order valence-electron chi connectivity index (χ1n) is 4.99. The number of aromatic amines is 1. The summed E-state index contributed by atoms with van der Waals surface area (Å²) in [5.41, 5.74) is 2.23. The third-order valence-electron chi connectivity index (χ3n) is 2.01. The second-order valence-electron chi connectivity index (χ2n) is 3.08. The molecule has 0 saturated heterocycles. The monoisotopic (exact) mass is 205 g/mol. The van der Waals surface area contributed by atoms with Gasteiger partial charge in [0.25, 0.3) is 0 Å². The minimum absolute atomic E-state index is 0.237. The predicted octanol–water partition coefficient (Wildman–Crippen LogP) is 3.20. The summed E-state index contributed by atoms with van der Waals surface area (Å²) in [6.07, 6.45) is 0. The van der Waals surface area contributed by atoms with Crippen LogP contribution in [0.25, 0.3) is 10.9 Å². The smallest absolute Gasteiger partial charge is 0.352 e. The second-order valence-corrected chi connectivity index (χ2v) is 3.08. The molecule has 1 heterocycles. The van der Waals surface area contributed by atoms with Crippen molar-refractivity contribution in [2.24, 2.45) is 0 Å². The molecule has 0 radical (unpaired) electrons. The van der Waals surface area contributed by atoms with E-state index in [1.807, 2.05) is 39.0 Å². The highest BCUT2D eigenvalue weighted by Crippen LogP contribution is 2.16. The molecule has 0 unspecified atom stereocenters. The summed E-state index contributed by atoms with van der Waals surface area (Å²) < 4.78 is 0. The van der Waals surface area contributed by atoms with E-state index in [0.717, 1.165) is 16.5 Å². The largest absolute Gasteiger partial charge is 0.477 e. The van der Waals surface area contributed by atoms with Gasteiger partial charge >= 0.3 is 5.97 Å². The van der Waals surface area contributed by atoms with Crippen molar-refractivity contribution in [3.8, 4) is 0 Å². The Hall–Kier alpha value is -1.77. The van der Waals surface area contributed by atoms with Gasteiger partial charge in [-0.3, -0.25) is 0 Å². The highest BCUT2D eigenvalue weighted by molar-refractivity contribution is 5.93. The lowest BCUT2D eigenvalue weighted by atomic mass is 10.2. The zero-order valence-corrected chi connectivity index (χ0v) is 9.16. The Balaban J connectivity index is 0.000000531. The minimum atomic E-state index is -0.922. The molecule has 1 aromatic heterocycles. The molecule has 0 fully saturated rings. The van der Waals surface area contributed by atoms with Crippen LogP contribution in [0.15, 0.2) is 24.3 Å². The Kier molecular flexibility index (Phi) is 3.50. The molecule has 0 amide bonds. The number of hydrogen-bond donors (Lipinski definition) is 2. The van der Waals surface area contributed by atoms with E-state index < -0.39 is 5.97 Å². The van der Waals surface area contributed by atoms with Crippen LogP contribution in [0.5, 0.6) is 0 Å². The van der Waals surface area contributed by atoms with Crippen LogP contribution in [-0.4, -0.2) is 16.1 Å². The van der Waals surface area contributed by atoms with Gasteiger partial charge in [0, 0.05) is 10.9 Å². The van der Waals surface area contributed by atoms with Crippen LogP contribution >= 0.6 is 0 Å². The van der Waals surface area contributed by atoms with Crippen LogP contribution in [0.1, 0.15) is 29.9 Å². The number of carboxylic acid groups (broad SMARTS) is 1. The maximum atomic E-state index is 10.6. The first-order chi connectivity index (χ1) is 7.16. The number of carbonyl (C=O) groups is 1. The molecule has 0 aliphatic carbocycles. The number of aromatic carboxylic acids is 1. The Morgan fingerprint density at radius 3 is 2.53 bits per heavy atom. The lowest BCUT2D eigenvalue weighted by Crippen LogP contribution is -1.94. The number of carboxylic acids is 1. The van der Waals surface area contributed by atoms with Crippen LogP contribution in [0.2, 0.25) is 0 Å². The van der Waals surface area contributed by atoms with Gasteiger partial charge in [-0.25, -0.2) is 4.79 Å². The number of rotatable bonds is 1. The lowest BCUT2D eigenvalue weighted by molar-refractivity contribution is 0.0691. The summed E-state index contributed by atoms with van der Waals surface area (Å²) in [6.45, 7) is 5.98. The molecule has 2 N–H and O–H groups in total. The summed E-state index contributed by atoms with van der Waals surface area (Å²) in [6, 6.07) is 7.44. The van der Waals surface area contributed by atoms with E-state index >= 15 is 0 Å². The van der Waals surface area contributed by atoms with Crippen molar-refractivity contribution in [2.75, 3.05) is 0 Å². The summed E-state index contributed by atoms with van der Waals surface area (Å²) >= 11 is 0. The number of benzene rings is 1. The zero-order chi connectivity index (χ0) is 11.4. The van der Waals surface area contributed by atoms with Gasteiger partial charge in [0.05, 0.1) is 0 Å². The maximum absolute atomic E-state index is 10.6. The average molecular weight is 205 g/mol. The molecule has 80 valence electrons. The van der Waals surface area contributed by atoms with Gasteiger partial charge < -0.3 is 10.1 Å². The van der Waals surface area contributed by atoms with Crippen molar-refractivity contribution < 1.29 is 9.90 Å². The van der Waals surface area contributed by atoms with Gasteiger partial charge in [0.15, 0.2) is 0 Å². The molecule has 0 spiro atoms. The van der Waals surface area contributed by atoms with E-state index in [2.05, 4.69) is 4.98 Å². The number of nitrogens with one attached hydrogen (secondary N) is 1. The van der Waals surface area contributed by atoms with Gasteiger partial charge in [-0.1, -0.05) is 25.5 Å². The summed E-state index contributed by atoms with van der Waals surface area (Å²) in [4.78, 5) is 13.4. The number of hydrogen-bond acceptors (Lipinski definition) is 1. The highest BCUT2D eigenvalue weighted by Gasteiger charge is 2.06. The molecule has 3 heteroatoms. The Bertz CT molecular complexity index is 471. The third kappa shape index (κ3) is 2.37. The Morgan fingerprint density at radius 2 is 1.93 bits per heavy atom. The van der Waals surface area contributed by atoms with Crippen LogP contribution in [0, 0.1) is 6.92 Å². The molecule has 15 heavy (non-hydrogen) atoms. The van der Waals surface area contributed by atoms with E-state index in [0.29, 0.717) is 0 Å². The van der Waals surface area contributed by atoms with Crippen molar-refractivity contribution in [3.63, 3.8) is 0 Å². The molecule has 2 rings (SSSR count).